The molecule has 1 rings (SSSR count). The third-order valence-electron chi connectivity index (χ3n) is 3.22. The molecule has 1 aliphatic carbocycles. The maximum Gasteiger partial charge on any atom is 0.237 e. The van der Waals surface area contributed by atoms with Crippen molar-refractivity contribution in [2.75, 3.05) is 20.3 Å². The van der Waals surface area contributed by atoms with Crippen LogP contribution in [0.2, 0.25) is 0 Å². The summed E-state index contributed by atoms with van der Waals surface area (Å²) in [6.45, 7) is 3.50. The van der Waals surface area contributed by atoms with Gasteiger partial charge in [0.2, 0.25) is 5.91 Å². The molecule has 1 atom stereocenters. The lowest BCUT2D eigenvalue weighted by Gasteiger charge is -2.38. The first-order chi connectivity index (χ1) is 7.07. The number of hydrogen-bond donors (Lipinski definition) is 2. The molecule has 3 N–H and O–H groups in total. The van der Waals surface area contributed by atoms with Gasteiger partial charge in [-0.15, -0.1) is 0 Å². The topological polar surface area (TPSA) is 64.3 Å². The van der Waals surface area contributed by atoms with E-state index in [1.54, 1.807) is 7.11 Å². The van der Waals surface area contributed by atoms with E-state index in [2.05, 4.69) is 12.2 Å². The Morgan fingerprint density at radius 1 is 1.60 bits per heavy atom. The molecule has 15 heavy (non-hydrogen) atoms. The molecule has 1 aliphatic rings. The Morgan fingerprint density at radius 2 is 2.27 bits per heavy atom. The Hall–Kier alpha value is -0.610. The van der Waals surface area contributed by atoms with Crippen molar-refractivity contribution in [1.82, 2.24) is 5.32 Å². The largest absolute Gasteiger partial charge is 0.385 e. The summed E-state index contributed by atoms with van der Waals surface area (Å²) in [5.74, 6) is -0.0554. The molecular formula is C11H22N2O2. The van der Waals surface area contributed by atoms with Crippen molar-refractivity contribution in [3.8, 4) is 0 Å². The lowest BCUT2D eigenvalue weighted by atomic mass is 9.70. The van der Waals surface area contributed by atoms with Crippen molar-refractivity contribution in [2.45, 2.75) is 38.6 Å². The fourth-order valence-electron chi connectivity index (χ4n) is 1.76. The molecule has 1 saturated carbocycles. The second kappa shape index (κ2) is 5.47. The summed E-state index contributed by atoms with van der Waals surface area (Å²) in [5.41, 5.74) is 6.02. The van der Waals surface area contributed by atoms with Gasteiger partial charge in [-0.05, 0) is 24.7 Å². The Kier molecular flexibility index (Phi) is 4.54. The van der Waals surface area contributed by atoms with E-state index < -0.39 is 6.04 Å². The molecule has 1 fully saturated rings. The van der Waals surface area contributed by atoms with Gasteiger partial charge in [0.1, 0.15) is 0 Å². The SMILES string of the molecule is COCCC(N)C(=O)NCC1(C)CCC1. The summed E-state index contributed by atoms with van der Waals surface area (Å²) < 4.78 is 4.88. The van der Waals surface area contributed by atoms with Crippen LogP contribution >= 0.6 is 0 Å². The maximum absolute atomic E-state index is 11.5. The maximum atomic E-state index is 11.5. The first-order valence-corrected chi connectivity index (χ1v) is 5.60. The Labute approximate surface area is 91.5 Å². The van der Waals surface area contributed by atoms with Crippen molar-refractivity contribution >= 4 is 5.91 Å². The third kappa shape index (κ3) is 3.80. The van der Waals surface area contributed by atoms with Gasteiger partial charge in [0.25, 0.3) is 0 Å². The van der Waals surface area contributed by atoms with Crippen LogP contribution in [0.4, 0.5) is 0 Å². The predicted octanol–water partition coefficient (Wildman–Crippen LogP) is 0.657. The summed E-state index contributed by atoms with van der Waals surface area (Å²) in [7, 11) is 1.61. The van der Waals surface area contributed by atoms with E-state index >= 15 is 0 Å². The molecule has 0 radical (unpaired) electrons. The molecule has 1 amide bonds. The lowest BCUT2D eigenvalue weighted by Crippen LogP contribution is -2.46. The Balaban J connectivity index is 2.17. The number of methoxy groups -OCH3 is 1. The molecular weight excluding hydrogens is 192 g/mol. The Bertz CT molecular complexity index is 215. The second-order valence-electron chi connectivity index (χ2n) is 4.77. The highest BCUT2D eigenvalue weighted by molar-refractivity contribution is 5.81. The smallest absolute Gasteiger partial charge is 0.237 e. The standard InChI is InChI=1S/C11H22N2O2/c1-11(5-3-6-11)8-13-10(14)9(12)4-7-15-2/h9H,3-8,12H2,1-2H3,(H,13,14). The number of carbonyl (C=O) groups excluding carboxylic acids is 1. The third-order valence-corrected chi connectivity index (χ3v) is 3.22. The van der Waals surface area contributed by atoms with Crippen LogP contribution in [0.25, 0.3) is 0 Å². The van der Waals surface area contributed by atoms with Crippen molar-refractivity contribution < 1.29 is 9.53 Å². The van der Waals surface area contributed by atoms with Gasteiger partial charge in [0.15, 0.2) is 0 Å². The number of amides is 1. The highest BCUT2D eigenvalue weighted by Crippen LogP contribution is 2.39. The highest BCUT2D eigenvalue weighted by Gasteiger charge is 2.32. The predicted molar refractivity (Wildman–Crippen MR) is 59.4 cm³/mol. The summed E-state index contributed by atoms with van der Waals surface area (Å²) in [6, 6.07) is -0.436. The van der Waals surface area contributed by atoms with E-state index in [0.717, 1.165) is 6.54 Å². The minimum atomic E-state index is -0.436. The van der Waals surface area contributed by atoms with Crippen LogP contribution < -0.4 is 11.1 Å². The van der Waals surface area contributed by atoms with Crippen LogP contribution in [0.15, 0.2) is 0 Å². The molecule has 0 heterocycles. The monoisotopic (exact) mass is 214 g/mol. The van der Waals surface area contributed by atoms with Crippen molar-refractivity contribution in [1.29, 1.82) is 0 Å². The molecule has 0 aromatic heterocycles. The zero-order valence-corrected chi connectivity index (χ0v) is 9.71. The van der Waals surface area contributed by atoms with E-state index in [0.29, 0.717) is 18.4 Å². The number of nitrogens with two attached hydrogens (primary N) is 1. The van der Waals surface area contributed by atoms with E-state index in [4.69, 9.17) is 10.5 Å². The van der Waals surface area contributed by atoms with Gasteiger partial charge in [-0.2, -0.15) is 0 Å². The zero-order chi connectivity index (χ0) is 11.3. The average molecular weight is 214 g/mol. The quantitative estimate of drug-likeness (QED) is 0.682. The summed E-state index contributed by atoms with van der Waals surface area (Å²) in [5, 5.41) is 2.91. The van der Waals surface area contributed by atoms with E-state index in [1.165, 1.54) is 19.3 Å². The highest BCUT2D eigenvalue weighted by atomic mass is 16.5. The van der Waals surface area contributed by atoms with Crippen LogP contribution in [0, 0.1) is 5.41 Å². The minimum absolute atomic E-state index is 0.0554. The fourth-order valence-corrected chi connectivity index (χ4v) is 1.76. The van der Waals surface area contributed by atoms with Crippen LogP contribution in [0.1, 0.15) is 32.6 Å². The summed E-state index contributed by atoms with van der Waals surface area (Å²) >= 11 is 0. The Morgan fingerprint density at radius 3 is 2.73 bits per heavy atom. The van der Waals surface area contributed by atoms with Crippen LogP contribution in [0.3, 0.4) is 0 Å². The molecule has 0 saturated heterocycles. The molecule has 1 unspecified atom stereocenters. The molecule has 4 heteroatoms. The second-order valence-corrected chi connectivity index (χ2v) is 4.77. The van der Waals surface area contributed by atoms with Gasteiger partial charge >= 0.3 is 0 Å². The van der Waals surface area contributed by atoms with Crippen LogP contribution in [0.5, 0.6) is 0 Å². The van der Waals surface area contributed by atoms with Gasteiger partial charge in [-0.25, -0.2) is 0 Å². The van der Waals surface area contributed by atoms with E-state index in [-0.39, 0.29) is 5.91 Å². The molecule has 0 spiro atoms. The number of hydrogen-bond acceptors (Lipinski definition) is 3. The van der Waals surface area contributed by atoms with Crippen molar-refractivity contribution in [3.05, 3.63) is 0 Å². The van der Waals surface area contributed by atoms with Gasteiger partial charge in [0.05, 0.1) is 6.04 Å². The van der Waals surface area contributed by atoms with Crippen LogP contribution in [-0.2, 0) is 9.53 Å². The van der Waals surface area contributed by atoms with Gasteiger partial charge in [-0.3, -0.25) is 4.79 Å². The van der Waals surface area contributed by atoms with E-state index in [9.17, 15) is 4.79 Å². The van der Waals surface area contributed by atoms with Gasteiger partial charge in [-0.1, -0.05) is 13.3 Å². The molecule has 0 aromatic rings. The zero-order valence-electron chi connectivity index (χ0n) is 9.71. The first kappa shape index (κ1) is 12.5. The molecule has 88 valence electrons. The molecule has 4 nitrogen and oxygen atoms in total. The number of rotatable bonds is 6. The number of carbonyl (C=O) groups is 1. The normalized spacial score (nSPS) is 20.5. The minimum Gasteiger partial charge on any atom is -0.385 e. The van der Waals surface area contributed by atoms with Crippen molar-refractivity contribution in [2.24, 2.45) is 11.1 Å². The molecule has 0 bridgehead atoms. The van der Waals surface area contributed by atoms with E-state index in [1.807, 2.05) is 0 Å². The van der Waals surface area contributed by atoms with Crippen LogP contribution in [-0.4, -0.2) is 32.2 Å². The van der Waals surface area contributed by atoms with Gasteiger partial charge < -0.3 is 15.8 Å². The number of ether oxygens (including phenoxy) is 1. The summed E-state index contributed by atoms with van der Waals surface area (Å²) in [4.78, 5) is 11.5. The fraction of sp³-hybridized carbons (Fsp3) is 0.909. The first-order valence-electron chi connectivity index (χ1n) is 5.60. The molecule has 0 aliphatic heterocycles. The number of nitrogens with one attached hydrogen (secondary N) is 1. The van der Waals surface area contributed by atoms with Crippen molar-refractivity contribution in [3.63, 3.8) is 0 Å². The molecule has 0 aromatic carbocycles. The van der Waals surface area contributed by atoms with Gasteiger partial charge in [0, 0.05) is 20.3 Å². The summed E-state index contributed by atoms with van der Waals surface area (Å²) in [6.07, 6.45) is 4.28. The average Bonchev–Trinajstić information content (AvgIpc) is 2.19. The lowest BCUT2D eigenvalue weighted by molar-refractivity contribution is -0.123.